The minimum absolute atomic E-state index is 0.0595. The molecule has 0 N–H and O–H groups in total. The summed E-state index contributed by atoms with van der Waals surface area (Å²) in [6.45, 7) is 1.53. The molecular formula is C8H6Br2OS. The van der Waals surface area contributed by atoms with Crippen LogP contribution in [0.3, 0.4) is 0 Å². The predicted molar refractivity (Wildman–Crippen MR) is 59.4 cm³/mol. The highest BCUT2D eigenvalue weighted by molar-refractivity contribution is 9.13. The molecule has 0 amide bonds. The van der Waals surface area contributed by atoms with Crippen molar-refractivity contribution >= 4 is 55.1 Å². The van der Waals surface area contributed by atoms with Crippen LogP contribution in [-0.2, 0) is 4.79 Å². The standard InChI is InChI=1S/C8H6Br2OS/c1-5(11)2-3-6-4-12-8(10)7(6)9/h2-4H,1H3/b3-2-. The first-order valence-corrected chi connectivity index (χ1v) is 5.69. The van der Waals surface area contributed by atoms with Crippen LogP contribution in [0.1, 0.15) is 12.5 Å². The van der Waals surface area contributed by atoms with Crippen LogP contribution in [-0.4, -0.2) is 5.78 Å². The summed E-state index contributed by atoms with van der Waals surface area (Å²) >= 11 is 8.37. The third kappa shape index (κ3) is 2.54. The van der Waals surface area contributed by atoms with Crippen molar-refractivity contribution in [2.45, 2.75) is 6.92 Å². The summed E-state index contributed by atoms with van der Waals surface area (Å²) in [5.74, 6) is 0.0595. The zero-order valence-corrected chi connectivity index (χ0v) is 10.3. The summed E-state index contributed by atoms with van der Waals surface area (Å²) in [5, 5.41) is 1.98. The second-order valence-electron chi connectivity index (χ2n) is 2.22. The minimum Gasteiger partial charge on any atom is -0.295 e. The molecule has 0 aliphatic carbocycles. The molecule has 0 aromatic carbocycles. The Bertz CT molecular complexity index is 328. The summed E-state index contributed by atoms with van der Waals surface area (Å²) in [7, 11) is 0. The molecule has 1 aromatic heterocycles. The number of carbonyl (C=O) groups excluding carboxylic acids is 1. The Labute approximate surface area is 91.7 Å². The zero-order chi connectivity index (χ0) is 9.14. The van der Waals surface area contributed by atoms with Crippen LogP contribution in [0.15, 0.2) is 19.7 Å². The van der Waals surface area contributed by atoms with Crippen LogP contribution in [0.5, 0.6) is 0 Å². The van der Waals surface area contributed by atoms with Gasteiger partial charge in [0.2, 0.25) is 0 Å². The van der Waals surface area contributed by atoms with E-state index in [0.29, 0.717) is 0 Å². The number of halogens is 2. The van der Waals surface area contributed by atoms with E-state index in [1.165, 1.54) is 6.92 Å². The van der Waals surface area contributed by atoms with Crippen molar-refractivity contribution in [1.82, 2.24) is 0 Å². The lowest BCUT2D eigenvalue weighted by Crippen LogP contribution is -1.78. The van der Waals surface area contributed by atoms with E-state index >= 15 is 0 Å². The van der Waals surface area contributed by atoms with Crippen LogP contribution in [0.4, 0.5) is 0 Å². The number of rotatable bonds is 2. The summed E-state index contributed by atoms with van der Waals surface area (Å²) in [5.41, 5.74) is 1.03. The summed E-state index contributed by atoms with van der Waals surface area (Å²) in [6.07, 6.45) is 3.35. The first kappa shape index (κ1) is 10.2. The third-order valence-electron chi connectivity index (χ3n) is 1.21. The molecule has 0 unspecified atom stereocenters. The number of hydrogen-bond acceptors (Lipinski definition) is 2. The van der Waals surface area contributed by atoms with Gasteiger partial charge in [0, 0.05) is 15.4 Å². The fraction of sp³-hybridized carbons (Fsp3) is 0.125. The molecule has 64 valence electrons. The maximum atomic E-state index is 10.6. The molecule has 1 aromatic rings. The van der Waals surface area contributed by atoms with Gasteiger partial charge >= 0.3 is 0 Å². The van der Waals surface area contributed by atoms with E-state index in [1.54, 1.807) is 23.5 Å². The number of carbonyl (C=O) groups is 1. The van der Waals surface area contributed by atoms with Crippen LogP contribution < -0.4 is 0 Å². The quantitative estimate of drug-likeness (QED) is 0.758. The molecule has 1 nitrogen and oxygen atoms in total. The molecule has 0 radical (unpaired) electrons. The Hall–Kier alpha value is 0.0700. The van der Waals surface area contributed by atoms with Gasteiger partial charge in [-0.05, 0) is 50.9 Å². The molecule has 0 fully saturated rings. The van der Waals surface area contributed by atoms with Gasteiger partial charge in [0.05, 0.1) is 3.79 Å². The predicted octanol–water partition coefficient (Wildman–Crippen LogP) is 3.88. The summed E-state index contributed by atoms with van der Waals surface area (Å²) in [6, 6.07) is 0. The number of thiophene rings is 1. The van der Waals surface area contributed by atoms with Gasteiger partial charge in [-0.2, -0.15) is 0 Å². The molecule has 4 heteroatoms. The maximum Gasteiger partial charge on any atom is 0.152 e. The minimum atomic E-state index is 0.0595. The Balaban J connectivity index is 2.90. The largest absolute Gasteiger partial charge is 0.295 e. The van der Waals surface area contributed by atoms with Crippen molar-refractivity contribution in [3.63, 3.8) is 0 Å². The summed E-state index contributed by atoms with van der Waals surface area (Å²) in [4.78, 5) is 10.6. The fourth-order valence-corrected chi connectivity index (χ4v) is 2.49. The summed E-state index contributed by atoms with van der Waals surface area (Å²) < 4.78 is 2.05. The van der Waals surface area contributed by atoms with Crippen molar-refractivity contribution in [1.29, 1.82) is 0 Å². The van der Waals surface area contributed by atoms with Gasteiger partial charge in [-0.15, -0.1) is 11.3 Å². The Morgan fingerprint density at radius 2 is 2.25 bits per heavy atom. The zero-order valence-electron chi connectivity index (χ0n) is 6.30. The van der Waals surface area contributed by atoms with Crippen molar-refractivity contribution in [2.75, 3.05) is 0 Å². The van der Waals surface area contributed by atoms with Gasteiger partial charge in [-0.25, -0.2) is 0 Å². The van der Waals surface area contributed by atoms with Gasteiger partial charge in [0.1, 0.15) is 0 Å². The molecule has 0 saturated heterocycles. The first-order chi connectivity index (χ1) is 5.61. The average Bonchev–Trinajstić information content (AvgIpc) is 2.30. The number of allylic oxidation sites excluding steroid dienone is 1. The van der Waals surface area contributed by atoms with Gasteiger partial charge in [0.25, 0.3) is 0 Å². The molecule has 0 aliphatic heterocycles. The van der Waals surface area contributed by atoms with Gasteiger partial charge in [-0.1, -0.05) is 0 Å². The Kier molecular flexibility index (Phi) is 3.68. The SMILES string of the molecule is CC(=O)/C=C\c1csc(Br)c1Br. The molecule has 1 heterocycles. The van der Waals surface area contributed by atoms with Crippen LogP contribution >= 0.6 is 43.2 Å². The van der Waals surface area contributed by atoms with Crippen molar-refractivity contribution in [3.8, 4) is 0 Å². The lowest BCUT2D eigenvalue weighted by Gasteiger charge is -1.87. The highest BCUT2D eigenvalue weighted by atomic mass is 79.9. The van der Waals surface area contributed by atoms with E-state index < -0.39 is 0 Å². The second kappa shape index (κ2) is 4.35. The van der Waals surface area contributed by atoms with Crippen molar-refractivity contribution < 1.29 is 4.79 Å². The van der Waals surface area contributed by atoms with E-state index in [0.717, 1.165) is 13.8 Å². The molecular weight excluding hydrogens is 304 g/mol. The maximum absolute atomic E-state index is 10.6. The molecule has 0 spiro atoms. The number of ketones is 1. The van der Waals surface area contributed by atoms with E-state index in [1.807, 2.05) is 5.38 Å². The highest BCUT2D eigenvalue weighted by Gasteiger charge is 2.02. The normalized spacial score (nSPS) is 10.9. The van der Waals surface area contributed by atoms with Gasteiger partial charge in [0.15, 0.2) is 5.78 Å². The topological polar surface area (TPSA) is 17.1 Å². The molecule has 1 rings (SSSR count). The molecule has 0 bridgehead atoms. The number of hydrogen-bond donors (Lipinski definition) is 0. The van der Waals surface area contributed by atoms with Crippen LogP contribution in [0.2, 0.25) is 0 Å². The first-order valence-electron chi connectivity index (χ1n) is 3.22. The molecule has 0 atom stereocenters. The van der Waals surface area contributed by atoms with Gasteiger partial charge in [-0.3, -0.25) is 4.79 Å². The lowest BCUT2D eigenvalue weighted by atomic mass is 10.3. The Morgan fingerprint density at radius 3 is 2.67 bits per heavy atom. The Morgan fingerprint density at radius 1 is 1.58 bits per heavy atom. The van der Waals surface area contributed by atoms with E-state index in [9.17, 15) is 4.79 Å². The van der Waals surface area contributed by atoms with Gasteiger partial charge < -0.3 is 0 Å². The molecule has 12 heavy (non-hydrogen) atoms. The monoisotopic (exact) mass is 308 g/mol. The van der Waals surface area contributed by atoms with E-state index in [-0.39, 0.29) is 5.78 Å². The smallest absolute Gasteiger partial charge is 0.152 e. The lowest BCUT2D eigenvalue weighted by molar-refractivity contribution is -0.112. The average molecular weight is 310 g/mol. The third-order valence-corrected chi connectivity index (χ3v) is 4.60. The van der Waals surface area contributed by atoms with Crippen LogP contribution in [0, 0.1) is 0 Å². The van der Waals surface area contributed by atoms with Crippen LogP contribution in [0.25, 0.3) is 6.08 Å². The highest BCUT2D eigenvalue weighted by Crippen LogP contribution is 2.33. The fourth-order valence-electron chi connectivity index (χ4n) is 0.652. The van der Waals surface area contributed by atoms with E-state index in [2.05, 4.69) is 31.9 Å². The molecule has 0 aliphatic rings. The second-order valence-corrected chi connectivity index (χ2v) is 5.21. The van der Waals surface area contributed by atoms with Crippen molar-refractivity contribution in [2.24, 2.45) is 0 Å². The molecule has 0 saturated carbocycles. The van der Waals surface area contributed by atoms with E-state index in [4.69, 9.17) is 0 Å². The van der Waals surface area contributed by atoms with Crippen molar-refractivity contribution in [3.05, 3.63) is 25.3 Å².